The molecular formula is C27H24N2O3. The molecule has 0 aliphatic carbocycles. The van der Waals surface area contributed by atoms with Gasteiger partial charge in [-0.2, -0.15) is 0 Å². The second kappa shape index (κ2) is 7.38. The van der Waals surface area contributed by atoms with Gasteiger partial charge in [-0.15, -0.1) is 0 Å². The van der Waals surface area contributed by atoms with Crippen molar-refractivity contribution >= 4 is 23.2 Å². The van der Waals surface area contributed by atoms with E-state index in [1.165, 1.54) is 4.90 Å². The van der Waals surface area contributed by atoms with Crippen LogP contribution in [-0.4, -0.2) is 11.8 Å². The summed E-state index contributed by atoms with van der Waals surface area (Å²) in [4.78, 5) is 31.0. The summed E-state index contributed by atoms with van der Waals surface area (Å²) in [5.74, 6) is -0.0475. The van der Waals surface area contributed by atoms with Gasteiger partial charge in [-0.25, -0.2) is 0 Å². The highest BCUT2D eigenvalue weighted by atomic mass is 16.5. The molecule has 3 aromatic rings. The van der Waals surface area contributed by atoms with Gasteiger partial charge in [-0.3, -0.25) is 14.5 Å². The molecule has 0 saturated heterocycles. The normalized spacial score (nSPS) is 20.1. The molecular weight excluding hydrogens is 400 g/mol. The van der Waals surface area contributed by atoms with Crippen molar-refractivity contribution in [3.63, 3.8) is 0 Å². The van der Waals surface area contributed by atoms with Gasteiger partial charge in [0.15, 0.2) is 0 Å². The van der Waals surface area contributed by atoms with Crippen LogP contribution in [0.5, 0.6) is 0 Å². The molecule has 0 bridgehead atoms. The van der Waals surface area contributed by atoms with Crippen molar-refractivity contribution < 1.29 is 14.3 Å². The third-order valence-electron chi connectivity index (χ3n) is 6.24. The molecule has 0 saturated carbocycles. The Morgan fingerprint density at radius 1 is 0.812 bits per heavy atom. The minimum atomic E-state index is -1.58. The Hall–Kier alpha value is -3.86. The number of benzene rings is 3. The fraction of sp³-hybridized carbons (Fsp3) is 0.185. The molecule has 2 heterocycles. The number of hydrogen-bond acceptors (Lipinski definition) is 3. The summed E-state index contributed by atoms with van der Waals surface area (Å²) in [6, 6.07) is 25.0. The van der Waals surface area contributed by atoms with Crippen LogP contribution in [0.4, 0.5) is 11.4 Å². The number of allylic oxidation sites excluding steroid dienone is 1. The Balaban J connectivity index is 1.72. The molecule has 160 valence electrons. The molecule has 0 fully saturated rings. The highest BCUT2D eigenvalue weighted by Gasteiger charge is 2.61. The zero-order valence-electron chi connectivity index (χ0n) is 18.3. The fourth-order valence-electron chi connectivity index (χ4n) is 4.44. The van der Waals surface area contributed by atoms with Gasteiger partial charge in [0, 0.05) is 5.69 Å². The first-order valence-electron chi connectivity index (χ1n) is 10.7. The lowest BCUT2D eigenvalue weighted by Crippen LogP contribution is -2.59. The summed E-state index contributed by atoms with van der Waals surface area (Å²) in [6.45, 7) is 5.86. The Morgan fingerprint density at radius 3 is 2.19 bits per heavy atom. The van der Waals surface area contributed by atoms with Crippen LogP contribution in [-0.2, 0) is 26.6 Å². The second-order valence-electron chi connectivity index (χ2n) is 8.30. The van der Waals surface area contributed by atoms with Gasteiger partial charge in [0.05, 0.1) is 23.4 Å². The summed E-state index contributed by atoms with van der Waals surface area (Å²) in [5, 5.41) is 0. The molecule has 32 heavy (non-hydrogen) atoms. The first-order chi connectivity index (χ1) is 15.4. The van der Waals surface area contributed by atoms with Crippen molar-refractivity contribution in [1.29, 1.82) is 0 Å². The Morgan fingerprint density at radius 2 is 1.47 bits per heavy atom. The minimum absolute atomic E-state index is 0.234. The lowest BCUT2D eigenvalue weighted by molar-refractivity contribution is -0.145. The van der Waals surface area contributed by atoms with Crippen LogP contribution in [0.25, 0.3) is 0 Å². The van der Waals surface area contributed by atoms with Crippen LogP contribution >= 0.6 is 0 Å². The average Bonchev–Trinajstić information content (AvgIpc) is 3.03. The Kier molecular flexibility index (Phi) is 4.63. The number of aryl methyl sites for hydroxylation is 1. The Labute approximate surface area is 187 Å². The molecule has 5 heteroatoms. The number of amides is 2. The monoisotopic (exact) mass is 424 g/mol. The first kappa shape index (κ1) is 20.1. The summed E-state index contributed by atoms with van der Waals surface area (Å²) in [6.07, 6.45) is 0. The van der Waals surface area contributed by atoms with Crippen LogP contribution in [0, 0.1) is 6.92 Å². The predicted octanol–water partition coefficient (Wildman–Crippen LogP) is 5.05. The van der Waals surface area contributed by atoms with Gasteiger partial charge in [-0.1, -0.05) is 66.2 Å². The summed E-state index contributed by atoms with van der Waals surface area (Å²) in [5.41, 5.74) is 3.02. The van der Waals surface area contributed by atoms with Gasteiger partial charge < -0.3 is 9.64 Å². The minimum Gasteiger partial charge on any atom is -0.458 e. The van der Waals surface area contributed by atoms with Crippen LogP contribution < -0.4 is 9.80 Å². The first-order valence-corrected chi connectivity index (χ1v) is 10.7. The smallest absolute Gasteiger partial charge is 0.298 e. The van der Waals surface area contributed by atoms with E-state index in [2.05, 4.69) is 0 Å². The molecule has 3 aromatic carbocycles. The van der Waals surface area contributed by atoms with E-state index in [4.69, 9.17) is 4.74 Å². The van der Waals surface area contributed by atoms with E-state index in [0.717, 1.165) is 16.8 Å². The lowest BCUT2D eigenvalue weighted by Gasteiger charge is -2.43. The van der Waals surface area contributed by atoms with Crippen LogP contribution in [0.15, 0.2) is 90.2 Å². The van der Waals surface area contributed by atoms with Crippen LogP contribution in [0.2, 0.25) is 0 Å². The van der Waals surface area contributed by atoms with Gasteiger partial charge in [0.25, 0.3) is 17.5 Å². The van der Waals surface area contributed by atoms with E-state index in [0.29, 0.717) is 29.1 Å². The molecule has 5 nitrogen and oxygen atoms in total. The molecule has 1 atom stereocenters. The number of ether oxygens (including phenoxy) is 1. The maximum absolute atomic E-state index is 14.2. The van der Waals surface area contributed by atoms with Crippen LogP contribution in [0.3, 0.4) is 0 Å². The van der Waals surface area contributed by atoms with Gasteiger partial charge in [0.1, 0.15) is 5.76 Å². The largest absolute Gasteiger partial charge is 0.458 e. The number of carbonyl (C=O) groups excluding carboxylic acids is 2. The number of fused-ring (bicyclic) bond motifs is 2. The summed E-state index contributed by atoms with van der Waals surface area (Å²) in [7, 11) is 0. The van der Waals surface area contributed by atoms with E-state index in [1.807, 2.05) is 85.8 Å². The highest BCUT2D eigenvalue weighted by molar-refractivity contribution is 6.17. The summed E-state index contributed by atoms with van der Waals surface area (Å²) >= 11 is 0. The van der Waals surface area contributed by atoms with Crippen molar-refractivity contribution in [2.24, 2.45) is 0 Å². The second-order valence-corrected chi connectivity index (χ2v) is 8.30. The zero-order chi connectivity index (χ0) is 22.5. The van der Waals surface area contributed by atoms with Crippen molar-refractivity contribution in [3.05, 3.63) is 107 Å². The average molecular weight is 425 g/mol. The molecule has 1 spiro atoms. The predicted molar refractivity (Wildman–Crippen MR) is 124 cm³/mol. The van der Waals surface area contributed by atoms with Gasteiger partial charge >= 0.3 is 0 Å². The molecule has 2 aliphatic heterocycles. The van der Waals surface area contributed by atoms with Crippen LogP contribution in [0.1, 0.15) is 30.5 Å². The van der Waals surface area contributed by atoms with E-state index in [1.54, 1.807) is 18.7 Å². The maximum atomic E-state index is 14.2. The number of hydrogen-bond donors (Lipinski definition) is 0. The number of rotatable bonds is 3. The van der Waals surface area contributed by atoms with Crippen molar-refractivity contribution in [3.8, 4) is 0 Å². The van der Waals surface area contributed by atoms with E-state index in [-0.39, 0.29) is 11.8 Å². The highest BCUT2D eigenvalue weighted by Crippen LogP contribution is 2.50. The number of para-hydroxylation sites is 1. The lowest BCUT2D eigenvalue weighted by atomic mass is 9.97. The summed E-state index contributed by atoms with van der Waals surface area (Å²) < 4.78 is 6.41. The quantitative estimate of drug-likeness (QED) is 0.591. The van der Waals surface area contributed by atoms with Gasteiger partial charge in [0.2, 0.25) is 0 Å². The standard InChI is InChI=1S/C27H24N2O3/c1-18-13-15-22(16-14-18)29-25(30)19(2)20(3)32-27(29)23-11-7-8-12-24(23)28(26(27)31)17-21-9-5-4-6-10-21/h4-16H,17H2,1-3H3. The molecule has 0 aromatic heterocycles. The number of carbonyl (C=O) groups is 2. The molecule has 2 aliphatic rings. The van der Waals surface area contributed by atoms with Crippen molar-refractivity contribution in [2.45, 2.75) is 33.0 Å². The van der Waals surface area contributed by atoms with E-state index < -0.39 is 5.72 Å². The number of anilines is 2. The molecule has 1 unspecified atom stereocenters. The zero-order valence-corrected chi connectivity index (χ0v) is 18.3. The molecule has 0 N–H and O–H groups in total. The van der Waals surface area contributed by atoms with E-state index in [9.17, 15) is 9.59 Å². The molecule has 2 amide bonds. The third kappa shape index (κ3) is 2.85. The van der Waals surface area contributed by atoms with Gasteiger partial charge in [-0.05, 0) is 44.5 Å². The topological polar surface area (TPSA) is 49.9 Å². The maximum Gasteiger partial charge on any atom is 0.298 e. The fourth-order valence-corrected chi connectivity index (χ4v) is 4.44. The van der Waals surface area contributed by atoms with E-state index >= 15 is 0 Å². The SMILES string of the molecule is CC1=C(C)C(=O)N(c2ccc(C)cc2)C2(O1)C(=O)N(Cc1ccccc1)c1ccccc12. The number of nitrogens with zero attached hydrogens (tertiary/aromatic N) is 2. The third-order valence-corrected chi connectivity index (χ3v) is 6.24. The van der Waals surface area contributed by atoms with Crippen molar-refractivity contribution in [1.82, 2.24) is 0 Å². The molecule has 5 rings (SSSR count). The van der Waals surface area contributed by atoms with Crippen molar-refractivity contribution in [2.75, 3.05) is 9.80 Å². The Bertz CT molecular complexity index is 1250. The molecule has 0 radical (unpaired) electrons.